The summed E-state index contributed by atoms with van der Waals surface area (Å²) in [4.78, 5) is 25.2. The van der Waals surface area contributed by atoms with E-state index in [1.54, 1.807) is 12.3 Å². The first-order valence-electron chi connectivity index (χ1n) is 9.16. The molecule has 4 aliphatic rings. The monoisotopic (exact) mass is 326 g/mol. The fourth-order valence-corrected chi connectivity index (χ4v) is 5.71. The number of amides is 1. The zero-order valence-corrected chi connectivity index (χ0v) is 14.5. The largest absolute Gasteiger partial charge is 0.346 e. The minimum atomic E-state index is -0.194. The Morgan fingerprint density at radius 3 is 2.33 bits per heavy atom. The highest BCUT2D eigenvalue weighted by atomic mass is 16.2. The van der Waals surface area contributed by atoms with Crippen LogP contribution in [0, 0.1) is 24.7 Å². The van der Waals surface area contributed by atoms with Crippen LogP contribution < -0.4 is 10.7 Å². The Labute approximate surface area is 143 Å². The number of carbonyl (C=O) groups is 1. The third-order valence-corrected chi connectivity index (χ3v) is 6.25. The third kappa shape index (κ3) is 2.62. The molecule has 4 saturated carbocycles. The first-order chi connectivity index (χ1) is 11.5. The van der Waals surface area contributed by atoms with E-state index in [-0.39, 0.29) is 22.4 Å². The smallest absolute Gasteiger partial charge is 0.257 e. The molecule has 0 radical (unpaired) electrons. The first-order valence-corrected chi connectivity index (χ1v) is 9.16. The van der Waals surface area contributed by atoms with Crippen molar-refractivity contribution >= 4 is 12.1 Å². The molecule has 0 aromatic carbocycles. The molecule has 0 spiro atoms. The Kier molecular flexibility index (Phi) is 3.66. The van der Waals surface area contributed by atoms with Crippen molar-refractivity contribution in [3.63, 3.8) is 0 Å². The highest BCUT2D eigenvalue weighted by Crippen LogP contribution is 2.55. The highest BCUT2D eigenvalue weighted by molar-refractivity contribution is 5.94. The van der Waals surface area contributed by atoms with Gasteiger partial charge in [-0.15, -0.1) is 0 Å². The van der Waals surface area contributed by atoms with Gasteiger partial charge in [0.15, 0.2) is 5.43 Å². The second kappa shape index (κ2) is 5.61. The van der Waals surface area contributed by atoms with Gasteiger partial charge in [-0.1, -0.05) is 6.08 Å². The van der Waals surface area contributed by atoms with Crippen molar-refractivity contribution in [2.45, 2.75) is 57.9 Å². The molecule has 4 fully saturated rings. The summed E-state index contributed by atoms with van der Waals surface area (Å²) in [5.74, 6) is 2.12. The summed E-state index contributed by atoms with van der Waals surface area (Å²) in [6.45, 7) is 3.80. The van der Waals surface area contributed by atoms with Gasteiger partial charge in [0.1, 0.15) is 5.56 Å². The number of nitrogens with zero attached hydrogens (tertiary/aromatic N) is 1. The maximum atomic E-state index is 12.9. The van der Waals surface area contributed by atoms with Gasteiger partial charge in [-0.3, -0.25) is 9.59 Å². The molecule has 1 aromatic heterocycles. The number of hydrogen-bond donors (Lipinski definition) is 1. The van der Waals surface area contributed by atoms with Crippen molar-refractivity contribution in [2.24, 2.45) is 17.8 Å². The lowest BCUT2D eigenvalue weighted by atomic mass is 9.53. The number of hydrogen-bond acceptors (Lipinski definition) is 2. The molecule has 24 heavy (non-hydrogen) atoms. The van der Waals surface area contributed by atoms with Gasteiger partial charge >= 0.3 is 0 Å². The van der Waals surface area contributed by atoms with Crippen molar-refractivity contribution in [1.29, 1.82) is 0 Å². The molecule has 0 unspecified atom stereocenters. The number of allylic oxidation sites excluding steroid dienone is 1. The summed E-state index contributed by atoms with van der Waals surface area (Å²) in [6.07, 6.45) is 12.8. The Balaban J connectivity index is 1.61. The van der Waals surface area contributed by atoms with E-state index < -0.39 is 0 Å². The van der Waals surface area contributed by atoms with Gasteiger partial charge in [0.05, 0.1) is 0 Å². The summed E-state index contributed by atoms with van der Waals surface area (Å²) < 4.78 is 1.84. The Bertz CT molecular complexity index is 724. The zero-order chi connectivity index (χ0) is 16.9. The molecular formula is C20H26N2O2. The SMILES string of the molecule is CC=Cn1cc(C(=O)NC23CC4CC(CC(C4)C2)C3)c(=O)cc1C. The molecule has 0 atom stereocenters. The van der Waals surface area contributed by atoms with Crippen LogP contribution in [0.2, 0.25) is 0 Å². The van der Waals surface area contributed by atoms with E-state index in [0.717, 1.165) is 42.7 Å². The zero-order valence-electron chi connectivity index (χ0n) is 14.5. The average Bonchev–Trinajstić information content (AvgIpc) is 2.48. The predicted molar refractivity (Wildman–Crippen MR) is 94.8 cm³/mol. The topological polar surface area (TPSA) is 51.1 Å². The highest BCUT2D eigenvalue weighted by Gasteiger charge is 2.51. The number of aromatic nitrogens is 1. The van der Waals surface area contributed by atoms with Crippen molar-refractivity contribution in [2.75, 3.05) is 0 Å². The van der Waals surface area contributed by atoms with E-state index in [4.69, 9.17) is 0 Å². The predicted octanol–water partition coefficient (Wildman–Crippen LogP) is 3.35. The molecule has 1 aromatic rings. The van der Waals surface area contributed by atoms with Crippen molar-refractivity contribution < 1.29 is 4.79 Å². The lowest BCUT2D eigenvalue weighted by molar-refractivity contribution is -0.0167. The summed E-state index contributed by atoms with van der Waals surface area (Å²) in [5, 5.41) is 3.29. The molecule has 128 valence electrons. The quantitative estimate of drug-likeness (QED) is 0.926. The van der Waals surface area contributed by atoms with E-state index in [1.165, 1.54) is 19.3 Å². The fraction of sp³-hybridized carbons (Fsp3) is 0.600. The molecule has 4 bridgehead atoms. The number of pyridine rings is 1. The minimum Gasteiger partial charge on any atom is -0.346 e. The molecule has 1 N–H and O–H groups in total. The lowest BCUT2D eigenvalue weighted by Gasteiger charge is -2.56. The van der Waals surface area contributed by atoms with Crippen LogP contribution in [0.1, 0.15) is 61.5 Å². The van der Waals surface area contributed by atoms with Gasteiger partial charge in [-0.2, -0.15) is 0 Å². The van der Waals surface area contributed by atoms with Crippen LogP contribution >= 0.6 is 0 Å². The van der Waals surface area contributed by atoms with E-state index >= 15 is 0 Å². The van der Waals surface area contributed by atoms with Gasteiger partial charge in [-0.25, -0.2) is 0 Å². The summed E-state index contributed by atoms with van der Waals surface area (Å²) in [6, 6.07) is 1.55. The van der Waals surface area contributed by atoms with E-state index in [2.05, 4.69) is 5.32 Å². The fourth-order valence-electron chi connectivity index (χ4n) is 5.71. The Hall–Kier alpha value is -1.84. The van der Waals surface area contributed by atoms with Crippen molar-refractivity contribution in [1.82, 2.24) is 9.88 Å². The van der Waals surface area contributed by atoms with Crippen LogP contribution in [0.4, 0.5) is 0 Å². The first kappa shape index (κ1) is 15.7. The Morgan fingerprint density at radius 2 is 1.79 bits per heavy atom. The summed E-state index contributed by atoms with van der Waals surface area (Å²) in [7, 11) is 0. The molecule has 4 heteroatoms. The molecule has 1 heterocycles. The number of aryl methyl sites for hydroxylation is 1. The van der Waals surface area contributed by atoms with Crippen LogP contribution in [0.25, 0.3) is 6.20 Å². The minimum absolute atomic E-state index is 0.0609. The molecule has 4 nitrogen and oxygen atoms in total. The van der Waals surface area contributed by atoms with Crippen LogP contribution in [0.3, 0.4) is 0 Å². The standard InChI is InChI=1S/C20H26N2O2/c1-3-4-22-12-17(18(23)5-13(22)2)19(24)21-20-9-14-6-15(10-20)8-16(7-14)11-20/h3-5,12,14-16H,6-11H2,1-2H3,(H,21,24). The van der Waals surface area contributed by atoms with Crippen LogP contribution in [-0.4, -0.2) is 16.0 Å². The van der Waals surface area contributed by atoms with Gasteiger partial charge in [0.2, 0.25) is 0 Å². The van der Waals surface area contributed by atoms with E-state index in [0.29, 0.717) is 0 Å². The van der Waals surface area contributed by atoms with Crippen LogP contribution in [-0.2, 0) is 0 Å². The van der Waals surface area contributed by atoms with E-state index in [9.17, 15) is 9.59 Å². The molecule has 5 rings (SSSR count). The van der Waals surface area contributed by atoms with E-state index in [1.807, 2.05) is 30.7 Å². The Morgan fingerprint density at radius 1 is 1.21 bits per heavy atom. The molecule has 1 amide bonds. The van der Waals surface area contributed by atoms with Crippen molar-refractivity contribution in [3.05, 3.63) is 39.8 Å². The average molecular weight is 326 g/mol. The normalized spacial score (nSPS) is 34.0. The van der Waals surface area contributed by atoms with Gasteiger partial charge < -0.3 is 9.88 Å². The van der Waals surface area contributed by atoms with Gasteiger partial charge in [-0.05, 0) is 70.1 Å². The number of nitrogens with one attached hydrogen (secondary N) is 1. The van der Waals surface area contributed by atoms with Gasteiger partial charge in [0.25, 0.3) is 5.91 Å². The molecule has 0 saturated heterocycles. The molecule has 0 aliphatic heterocycles. The second-order valence-electron chi connectivity index (χ2n) is 8.23. The molecule has 4 aliphatic carbocycles. The molecular weight excluding hydrogens is 300 g/mol. The van der Waals surface area contributed by atoms with Crippen LogP contribution in [0.5, 0.6) is 0 Å². The summed E-state index contributed by atoms with van der Waals surface area (Å²) >= 11 is 0. The lowest BCUT2D eigenvalue weighted by Crippen LogP contribution is -2.60. The van der Waals surface area contributed by atoms with Crippen LogP contribution in [0.15, 0.2) is 23.1 Å². The summed E-state index contributed by atoms with van der Waals surface area (Å²) in [5.41, 5.74) is 0.851. The van der Waals surface area contributed by atoms with Crippen molar-refractivity contribution in [3.8, 4) is 0 Å². The maximum Gasteiger partial charge on any atom is 0.257 e. The number of rotatable bonds is 3. The number of carbonyl (C=O) groups excluding carboxylic acids is 1. The third-order valence-electron chi connectivity index (χ3n) is 6.25. The van der Waals surface area contributed by atoms with Gasteiger partial charge in [0, 0.05) is 29.7 Å². The maximum absolute atomic E-state index is 12.9. The second-order valence-corrected chi connectivity index (χ2v) is 8.23.